The number of hydrogen-bond donors (Lipinski definition) is 0. The van der Waals surface area contributed by atoms with Crippen LogP contribution in [0.1, 0.15) is 23.7 Å². The molecule has 6 nitrogen and oxygen atoms in total. The van der Waals surface area contributed by atoms with Gasteiger partial charge in [0.2, 0.25) is 11.8 Å². The predicted molar refractivity (Wildman–Crippen MR) is 115 cm³/mol. The van der Waals surface area contributed by atoms with Gasteiger partial charge in [-0.05, 0) is 37.3 Å². The van der Waals surface area contributed by atoms with Crippen molar-refractivity contribution in [3.63, 3.8) is 0 Å². The Labute approximate surface area is 193 Å². The Morgan fingerprint density at radius 2 is 1.59 bits per heavy atom. The van der Waals surface area contributed by atoms with E-state index in [-0.39, 0.29) is 50.9 Å². The molecular weight excluding hydrogens is 574 g/mol. The van der Waals surface area contributed by atoms with Crippen LogP contribution in [0.5, 0.6) is 0 Å². The molecule has 1 aromatic carbocycles. The largest absolute Gasteiger partial charge is 0.456 e. The molecule has 1 heterocycles. The Morgan fingerprint density at radius 3 is 2.10 bits per heavy atom. The molecule has 2 saturated carbocycles. The van der Waals surface area contributed by atoms with E-state index in [0.29, 0.717) is 5.56 Å². The molecule has 154 valence electrons. The lowest BCUT2D eigenvalue weighted by molar-refractivity contribution is -0.157. The lowest BCUT2D eigenvalue weighted by Gasteiger charge is -2.28. The van der Waals surface area contributed by atoms with Crippen molar-refractivity contribution in [2.75, 3.05) is 6.61 Å². The molecule has 2 amide bonds. The molecule has 29 heavy (non-hydrogen) atoms. The number of carbonyl (C=O) groups is 4. The average Bonchev–Trinajstić information content (AvgIpc) is 3.30. The van der Waals surface area contributed by atoms with Crippen LogP contribution >= 0.6 is 47.8 Å². The van der Waals surface area contributed by atoms with E-state index in [4.69, 9.17) is 4.74 Å². The van der Waals surface area contributed by atoms with Crippen LogP contribution in [-0.2, 0) is 19.1 Å². The fourth-order valence-corrected chi connectivity index (χ4v) is 6.97. The standard InChI is InChI=1S/C20H18Br3NO5/c1-8(20(28)29-7-13(25)9-2-4-10(21)5-3-9)24-18(26)14-11-6-12(15(14)19(24)27)17(23)16(11)22/h2-5,8,11-12,14-17H,6-7H2,1H3. The van der Waals surface area contributed by atoms with Crippen molar-refractivity contribution in [3.05, 3.63) is 34.3 Å². The average molecular weight is 592 g/mol. The van der Waals surface area contributed by atoms with Crippen molar-refractivity contribution in [1.82, 2.24) is 4.90 Å². The minimum absolute atomic E-state index is 0.0815. The van der Waals surface area contributed by atoms with E-state index in [9.17, 15) is 19.2 Å². The van der Waals surface area contributed by atoms with Crippen LogP contribution < -0.4 is 0 Å². The number of alkyl halides is 2. The highest BCUT2D eigenvalue weighted by atomic mass is 79.9. The van der Waals surface area contributed by atoms with Crippen LogP contribution in [0, 0.1) is 23.7 Å². The van der Waals surface area contributed by atoms with Crippen LogP contribution in [0.3, 0.4) is 0 Å². The molecular formula is C20H18Br3NO5. The van der Waals surface area contributed by atoms with E-state index in [2.05, 4.69) is 47.8 Å². The fraction of sp³-hybridized carbons (Fsp3) is 0.500. The maximum atomic E-state index is 13.0. The summed E-state index contributed by atoms with van der Waals surface area (Å²) in [5, 5.41) is 0. The van der Waals surface area contributed by atoms with Crippen LogP contribution in [0.15, 0.2) is 28.7 Å². The van der Waals surface area contributed by atoms with Crippen LogP contribution in [0.4, 0.5) is 0 Å². The molecule has 1 saturated heterocycles. The predicted octanol–water partition coefficient (Wildman–Crippen LogP) is 3.34. The number of benzene rings is 1. The van der Waals surface area contributed by atoms with Crippen molar-refractivity contribution in [1.29, 1.82) is 0 Å². The SMILES string of the molecule is CC(C(=O)OCC(=O)c1ccc(Br)cc1)N1C(=O)C2C3CC(C(Br)C3Br)C2C1=O. The number of nitrogens with zero attached hydrogens (tertiary/aromatic N) is 1. The number of ketones is 1. The number of fused-ring (bicyclic) bond motifs is 5. The number of imide groups is 1. The Balaban J connectivity index is 1.42. The lowest BCUT2D eigenvalue weighted by Crippen LogP contribution is -2.45. The number of amides is 2. The van der Waals surface area contributed by atoms with Gasteiger partial charge in [0, 0.05) is 19.7 Å². The second-order valence-electron chi connectivity index (χ2n) is 7.76. The first-order valence-electron chi connectivity index (χ1n) is 9.32. The number of carbonyl (C=O) groups excluding carboxylic acids is 4. The maximum absolute atomic E-state index is 13.0. The number of rotatable bonds is 5. The number of Topliss-reactive ketones (excluding diaryl/α,β-unsaturated/α-hetero) is 1. The van der Waals surface area contributed by atoms with Gasteiger partial charge in [-0.3, -0.25) is 19.3 Å². The van der Waals surface area contributed by atoms with Gasteiger partial charge < -0.3 is 4.74 Å². The molecule has 2 bridgehead atoms. The summed E-state index contributed by atoms with van der Waals surface area (Å²) in [6, 6.07) is 5.64. The Bertz CT molecular complexity index is 857. The van der Waals surface area contributed by atoms with E-state index < -0.39 is 18.6 Å². The highest BCUT2D eigenvalue weighted by molar-refractivity contribution is 9.12. The van der Waals surface area contributed by atoms with Crippen molar-refractivity contribution in [3.8, 4) is 0 Å². The van der Waals surface area contributed by atoms with E-state index in [1.54, 1.807) is 24.3 Å². The van der Waals surface area contributed by atoms with Gasteiger partial charge in [-0.25, -0.2) is 4.79 Å². The molecule has 9 heteroatoms. The summed E-state index contributed by atoms with van der Waals surface area (Å²) in [5.41, 5.74) is 0.416. The van der Waals surface area contributed by atoms with Gasteiger partial charge in [0.05, 0.1) is 11.8 Å². The number of halogens is 3. The van der Waals surface area contributed by atoms with E-state index in [1.807, 2.05) is 0 Å². The van der Waals surface area contributed by atoms with Crippen molar-refractivity contribution < 1.29 is 23.9 Å². The third-order valence-corrected chi connectivity index (χ3v) is 10.00. The molecule has 1 aliphatic heterocycles. The zero-order valence-corrected chi connectivity index (χ0v) is 20.1. The van der Waals surface area contributed by atoms with E-state index in [0.717, 1.165) is 15.8 Å². The zero-order valence-electron chi connectivity index (χ0n) is 15.4. The van der Waals surface area contributed by atoms with E-state index in [1.165, 1.54) is 6.92 Å². The maximum Gasteiger partial charge on any atom is 0.329 e. The molecule has 3 aliphatic rings. The van der Waals surface area contributed by atoms with Crippen LogP contribution in [-0.4, -0.2) is 50.8 Å². The summed E-state index contributed by atoms with van der Waals surface area (Å²) in [6.45, 7) is 1.04. The lowest BCUT2D eigenvalue weighted by atomic mass is 9.81. The highest BCUT2D eigenvalue weighted by Crippen LogP contribution is 2.60. The normalized spacial score (nSPS) is 33.7. The monoisotopic (exact) mass is 589 g/mol. The van der Waals surface area contributed by atoms with E-state index >= 15 is 0 Å². The van der Waals surface area contributed by atoms with Gasteiger partial charge in [-0.1, -0.05) is 59.9 Å². The topological polar surface area (TPSA) is 80.8 Å². The first-order valence-corrected chi connectivity index (χ1v) is 11.9. The second-order valence-corrected chi connectivity index (χ2v) is 10.8. The minimum atomic E-state index is -1.06. The molecule has 7 unspecified atom stereocenters. The molecule has 4 rings (SSSR count). The number of ether oxygens (including phenoxy) is 1. The second kappa shape index (κ2) is 7.89. The first-order chi connectivity index (χ1) is 13.7. The zero-order chi connectivity index (χ0) is 21.0. The highest BCUT2D eigenvalue weighted by Gasteiger charge is 2.67. The first kappa shape index (κ1) is 21.2. The third-order valence-electron chi connectivity index (χ3n) is 6.26. The number of likely N-dealkylation sites (tertiary alicyclic amines) is 1. The summed E-state index contributed by atoms with van der Waals surface area (Å²) in [5.74, 6) is -2.32. The summed E-state index contributed by atoms with van der Waals surface area (Å²) >= 11 is 10.6. The summed E-state index contributed by atoms with van der Waals surface area (Å²) in [4.78, 5) is 52.0. The molecule has 3 fully saturated rings. The van der Waals surface area contributed by atoms with Gasteiger partial charge in [0.15, 0.2) is 12.4 Å². The summed E-state index contributed by atoms with van der Waals surface area (Å²) < 4.78 is 5.96. The summed E-state index contributed by atoms with van der Waals surface area (Å²) in [6.07, 6.45) is 0.826. The summed E-state index contributed by atoms with van der Waals surface area (Å²) in [7, 11) is 0. The molecule has 0 radical (unpaired) electrons. The van der Waals surface area contributed by atoms with Gasteiger partial charge in [0.25, 0.3) is 0 Å². The number of esters is 1. The molecule has 0 aromatic heterocycles. The molecule has 0 spiro atoms. The Kier molecular flexibility index (Phi) is 5.76. The quantitative estimate of drug-likeness (QED) is 0.227. The third kappa shape index (κ3) is 3.43. The van der Waals surface area contributed by atoms with Crippen molar-refractivity contribution in [2.24, 2.45) is 23.7 Å². The molecule has 2 aliphatic carbocycles. The Hall–Kier alpha value is -1.06. The van der Waals surface area contributed by atoms with Gasteiger partial charge in [-0.15, -0.1) is 0 Å². The van der Waals surface area contributed by atoms with Crippen LogP contribution in [0.25, 0.3) is 0 Å². The van der Waals surface area contributed by atoms with Gasteiger partial charge in [0.1, 0.15) is 6.04 Å². The molecule has 7 atom stereocenters. The van der Waals surface area contributed by atoms with Crippen molar-refractivity contribution in [2.45, 2.75) is 29.0 Å². The smallest absolute Gasteiger partial charge is 0.329 e. The fourth-order valence-electron chi connectivity index (χ4n) is 4.84. The van der Waals surface area contributed by atoms with Gasteiger partial charge in [-0.2, -0.15) is 0 Å². The van der Waals surface area contributed by atoms with Gasteiger partial charge >= 0.3 is 5.97 Å². The molecule has 0 N–H and O–H groups in total. The number of hydrogen-bond acceptors (Lipinski definition) is 5. The minimum Gasteiger partial charge on any atom is -0.456 e. The Morgan fingerprint density at radius 1 is 1.07 bits per heavy atom. The molecule has 1 aromatic rings. The van der Waals surface area contributed by atoms with Crippen molar-refractivity contribution >= 4 is 71.4 Å². The van der Waals surface area contributed by atoms with Crippen LogP contribution in [0.2, 0.25) is 0 Å².